The minimum Gasteiger partial charge on any atom is -0.469 e. The van der Waals surface area contributed by atoms with Crippen molar-refractivity contribution in [3.05, 3.63) is 29.8 Å². The Bertz CT molecular complexity index is 499. The quantitative estimate of drug-likeness (QED) is 0.809. The van der Waals surface area contributed by atoms with Crippen LogP contribution in [0.4, 0.5) is 8.78 Å². The van der Waals surface area contributed by atoms with E-state index in [0.717, 1.165) is 18.7 Å². The van der Waals surface area contributed by atoms with Crippen LogP contribution < -0.4 is 10.1 Å². The van der Waals surface area contributed by atoms with Crippen LogP contribution in [-0.4, -0.2) is 50.3 Å². The lowest BCUT2D eigenvalue weighted by molar-refractivity contribution is -0.142. The molecule has 122 valence electrons. The van der Waals surface area contributed by atoms with Gasteiger partial charge in [-0.1, -0.05) is 12.1 Å². The number of alkyl halides is 2. The lowest BCUT2D eigenvalue weighted by Crippen LogP contribution is -2.51. The van der Waals surface area contributed by atoms with Gasteiger partial charge >= 0.3 is 12.6 Å². The van der Waals surface area contributed by atoms with Gasteiger partial charge in [-0.2, -0.15) is 8.78 Å². The van der Waals surface area contributed by atoms with Crippen LogP contribution in [0, 0.1) is 0 Å². The van der Waals surface area contributed by atoms with E-state index in [1.807, 2.05) is 6.07 Å². The van der Waals surface area contributed by atoms with Crippen LogP contribution in [0.1, 0.15) is 12.0 Å². The van der Waals surface area contributed by atoms with Crippen LogP contribution in [0.3, 0.4) is 0 Å². The molecule has 0 aliphatic carbocycles. The highest BCUT2D eigenvalue weighted by atomic mass is 19.3. The van der Waals surface area contributed by atoms with Gasteiger partial charge in [0.1, 0.15) is 5.75 Å². The van der Waals surface area contributed by atoms with Crippen molar-refractivity contribution < 1.29 is 23.0 Å². The zero-order chi connectivity index (χ0) is 15.9. The summed E-state index contributed by atoms with van der Waals surface area (Å²) in [6.45, 7) is 0.0417. The van der Waals surface area contributed by atoms with Gasteiger partial charge in [-0.3, -0.25) is 9.69 Å². The number of nitrogens with one attached hydrogen (secondary N) is 1. The summed E-state index contributed by atoms with van der Waals surface area (Å²) in [5.41, 5.74) is 0.870. The average Bonchev–Trinajstić information content (AvgIpc) is 2.49. The summed E-state index contributed by atoms with van der Waals surface area (Å²) < 4.78 is 33.7. The molecule has 1 heterocycles. The Hall–Kier alpha value is -1.73. The Labute approximate surface area is 128 Å². The number of hydrogen-bond donors (Lipinski definition) is 1. The van der Waals surface area contributed by atoms with E-state index in [9.17, 15) is 13.6 Å². The topological polar surface area (TPSA) is 50.8 Å². The minimum atomic E-state index is -2.83. The standard InChI is InChI=1S/C15H20F2N2O3/c1-21-14(20)8-12-9-18-5-6-19(12)10-11-3-2-4-13(7-11)22-15(16)17/h2-4,7,12,15,18H,5-6,8-10H2,1H3. The molecular formula is C15H20F2N2O3. The lowest BCUT2D eigenvalue weighted by Gasteiger charge is -2.35. The van der Waals surface area contributed by atoms with Crippen molar-refractivity contribution in [2.75, 3.05) is 26.7 Å². The highest BCUT2D eigenvalue weighted by molar-refractivity contribution is 5.70. The van der Waals surface area contributed by atoms with E-state index in [4.69, 9.17) is 4.74 Å². The predicted octanol–water partition coefficient (Wildman–Crippen LogP) is 1.62. The van der Waals surface area contributed by atoms with Crippen molar-refractivity contribution in [1.82, 2.24) is 10.2 Å². The first-order chi connectivity index (χ1) is 10.6. The first kappa shape index (κ1) is 16.6. The van der Waals surface area contributed by atoms with E-state index in [2.05, 4.69) is 15.0 Å². The third-order valence-corrected chi connectivity index (χ3v) is 3.61. The molecule has 1 fully saturated rings. The molecule has 1 aromatic carbocycles. The van der Waals surface area contributed by atoms with Crippen molar-refractivity contribution >= 4 is 5.97 Å². The minimum absolute atomic E-state index is 0.0286. The zero-order valence-electron chi connectivity index (χ0n) is 12.4. The number of hydrogen-bond acceptors (Lipinski definition) is 5. The van der Waals surface area contributed by atoms with Gasteiger partial charge in [-0.05, 0) is 17.7 Å². The molecule has 0 radical (unpaired) electrons. The van der Waals surface area contributed by atoms with Crippen molar-refractivity contribution in [1.29, 1.82) is 0 Å². The number of piperazine rings is 1. The molecule has 2 rings (SSSR count). The van der Waals surface area contributed by atoms with Gasteiger partial charge in [0.25, 0.3) is 0 Å². The van der Waals surface area contributed by atoms with Crippen molar-refractivity contribution in [3.63, 3.8) is 0 Å². The maximum absolute atomic E-state index is 12.3. The normalized spacial score (nSPS) is 19.2. The molecule has 0 saturated carbocycles. The molecule has 5 nitrogen and oxygen atoms in total. The molecule has 0 amide bonds. The Kier molecular flexibility index (Phi) is 6.09. The molecule has 0 spiro atoms. The molecule has 7 heteroatoms. The van der Waals surface area contributed by atoms with E-state index in [-0.39, 0.29) is 17.8 Å². The number of rotatable bonds is 6. The molecule has 1 aromatic rings. The number of nitrogens with zero attached hydrogens (tertiary/aromatic N) is 1. The molecule has 22 heavy (non-hydrogen) atoms. The SMILES string of the molecule is COC(=O)CC1CNCCN1Cc1cccc(OC(F)F)c1. The number of benzene rings is 1. The van der Waals surface area contributed by atoms with Crippen LogP contribution in [0.2, 0.25) is 0 Å². The number of ether oxygens (including phenoxy) is 2. The Balaban J connectivity index is 2.01. The number of methoxy groups -OCH3 is 1. The molecule has 0 bridgehead atoms. The third-order valence-electron chi connectivity index (χ3n) is 3.61. The van der Waals surface area contributed by atoms with Gasteiger partial charge in [0, 0.05) is 32.2 Å². The zero-order valence-corrected chi connectivity index (χ0v) is 12.4. The van der Waals surface area contributed by atoms with Crippen LogP contribution >= 0.6 is 0 Å². The van der Waals surface area contributed by atoms with Crippen molar-refractivity contribution in [2.45, 2.75) is 25.6 Å². The molecule has 1 atom stereocenters. The molecule has 1 saturated heterocycles. The average molecular weight is 314 g/mol. The summed E-state index contributed by atoms with van der Waals surface area (Å²) >= 11 is 0. The van der Waals surface area contributed by atoms with E-state index in [1.165, 1.54) is 13.2 Å². The molecule has 1 aliphatic heterocycles. The predicted molar refractivity (Wildman–Crippen MR) is 76.8 cm³/mol. The highest BCUT2D eigenvalue weighted by Gasteiger charge is 2.25. The summed E-state index contributed by atoms with van der Waals surface area (Å²) in [7, 11) is 1.37. The number of halogens is 2. The van der Waals surface area contributed by atoms with Gasteiger partial charge in [0.2, 0.25) is 0 Å². The van der Waals surface area contributed by atoms with Gasteiger partial charge in [-0.25, -0.2) is 0 Å². The third kappa shape index (κ3) is 4.92. The second-order valence-electron chi connectivity index (χ2n) is 5.13. The van der Waals surface area contributed by atoms with E-state index in [0.29, 0.717) is 19.5 Å². The lowest BCUT2D eigenvalue weighted by atomic mass is 10.1. The molecule has 1 N–H and O–H groups in total. The summed E-state index contributed by atoms with van der Waals surface area (Å²) in [6.07, 6.45) is 0.302. The Morgan fingerprint density at radius 3 is 3.05 bits per heavy atom. The van der Waals surface area contributed by atoms with Crippen LogP contribution in [-0.2, 0) is 16.1 Å². The Morgan fingerprint density at radius 1 is 1.50 bits per heavy atom. The maximum atomic E-state index is 12.3. The smallest absolute Gasteiger partial charge is 0.387 e. The van der Waals surface area contributed by atoms with Gasteiger partial charge < -0.3 is 14.8 Å². The van der Waals surface area contributed by atoms with E-state index < -0.39 is 6.61 Å². The first-order valence-electron chi connectivity index (χ1n) is 7.14. The monoisotopic (exact) mass is 314 g/mol. The number of esters is 1. The summed E-state index contributed by atoms with van der Waals surface area (Å²) in [6, 6.07) is 6.67. The fraction of sp³-hybridized carbons (Fsp3) is 0.533. The second kappa shape index (κ2) is 8.05. The molecular weight excluding hydrogens is 294 g/mol. The fourth-order valence-corrected chi connectivity index (χ4v) is 2.54. The van der Waals surface area contributed by atoms with Crippen LogP contribution in [0.25, 0.3) is 0 Å². The molecule has 1 aliphatic rings. The van der Waals surface area contributed by atoms with Gasteiger partial charge in [0.05, 0.1) is 13.5 Å². The maximum Gasteiger partial charge on any atom is 0.387 e. The van der Waals surface area contributed by atoms with Crippen molar-refractivity contribution in [3.8, 4) is 5.75 Å². The van der Waals surface area contributed by atoms with Gasteiger partial charge in [-0.15, -0.1) is 0 Å². The van der Waals surface area contributed by atoms with Crippen LogP contribution in [0.15, 0.2) is 24.3 Å². The second-order valence-corrected chi connectivity index (χ2v) is 5.13. The van der Waals surface area contributed by atoms with Gasteiger partial charge in [0.15, 0.2) is 0 Å². The van der Waals surface area contributed by atoms with E-state index >= 15 is 0 Å². The summed E-state index contributed by atoms with van der Waals surface area (Å²) in [4.78, 5) is 13.6. The molecule has 0 aromatic heterocycles. The first-order valence-corrected chi connectivity index (χ1v) is 7.14. The summed E-state index contributed by atoms with van der Waals surface area (Å²) in [5, 5.41) is 3.24. The molecule has 1 unspecified atom stereocenters. The van der Waals surface area contributed by atoms with Crippen molar-refractivity contribution in [2.24, 2.45) is 0 Å². The number of carbonyl (C=O) groups excluding carboxylic acids is 1. The number of carbonyl (C=O) groups is 1. The van der Waals surface area contributed by atoms with Crippen LogP contribution in [0.5, 0.6) is 5.75 Å². The van der Waals surface area contributed by atoms with E-state index in [1.54, 1.807) is 12.1 Å². The fourth-order valence-electron chi connectivity index (χ4n) is 2.54. The highest BCUT2D eigenvalue weighted by Crippen LogP contribution is 2.19. The summed E-state index contributed by atoms with van der Waals surface area (Å²) in [5.74, 6) is -0.111. The Morgan fingerprint density at radius 2 is 2.32 bits per heavy atom. The largest absolute Gasteiger partial charge is 0.469 e.